The molecule has 0 aromatic heterocycles. The Morgan fingerprint density at radius 1 is 1.09 bits per heavy atom. The van der Waals surface area contributed by atoms with Gasteiger partial charge in [0.2, 0.25) is 5.91 Å². The van der Waals surface area contributed by atoms with Crippen molar-refractivity contribution in [3.63, 3.8) is 0 Å². The second-order valence-corrected chi connectivity index (χ2v) is 6.24. The molecule has 0 fully saturated rings. The number of imide groups is 1. The second kappa shape index (κ2) is 6.44. The molecule has 116 valence electrons. The van der Waals surface area contributed by atoms with Crippen molar-refractivity contribution in [3.05, 3.63) is 58.6 Å². The predicted octanol–water partition coefficient (Wildman–Crippen LogP) is 2.95. The number of thioether (sulfide) groups is 1. The number of benzene rings is 2. The maximum Gasteiger partial charge on any atom is 0.259 e. The van der Waals surface area contributed by atoms with Gasteiger partial charge in [0.1, 0.15) is 0 Å². The number of amides is 3. The molecule has 2 aromatic rings. The van der Waals surface area contributed by atoms with Crippen LogP contribution in [0.2, 0.25) is 5.02 Å². The minimum atomic E-state index is -0.452. The van der Waals surface area contributed by atoms with Crippen LogP contribution >= 0.6 is 23.4 Å². The molecular formula is C16H11ClN2O3S. The van der Waals surface area contributed by atoms with E-state index >= 15 is 0 Å². The molecule has 0 spiro atoms. The monoisotopic (exact) mass is 346 g/mol. The van der Waals surface area contributed by atoms with Gasteiger partial charge >= 0.3 is 0 Å². The van der Waals surface area contributed by atoms with Crippen LogP contribution in [-0.2, 0) is 4.79 Å². The predicted molar refractivity (Wildman–Crippen MR) is 89.0 cm³/mol. The molecule has 1 aliphatic heterocycles. The summed E-state index contributed by atoms with van der Waals surface area (Å²) >= 11 is 7.36. The maximum atomic E-state index is 12.0. The number of hydrogen-bond donors (Lipinski definition) is 2. The first kappa shape index (κ1) is 15.6. The van der Waals surface area contributed by atoms with Crippen LogP contribution in [0, 0.1) is 0 Å². The molecule has 0 radical (unpaired) electrons. The molecule has 1 heterocycles. The first-order valence-electron chi connectivity index (χ1n) is 6.71. The normalized spacial score (nSPS) is 12.7. The molecule has 1 aliphatic rings. The zero-order valence-corrected chi connectivity index (χ0v) is 13.3. The highest BCUT2D eigenvalue weighted by Crippen LogP contribution is 2.27. The summed E-state index contributed by atoms with van der Waals surface area (Å²) in [5.74, 6) is -0.908. The van der Waals surface area contributed by atoms with Crippen molar-refractivity contribution in [1.82, 2.24) is 5.32 Å². The van der Waals surface area contributed by atoms with Crippen LogP contribution in [0.3, 0.4) is 0 Å². The molecule has 3 rings (SSSR count). The largest absolute Gasteiger partial charge is 0.325 e. The van der Waals surface area contributed by atoms with Gasteiger partial charge in [0.15, 0.2) is 0 Å². The maximum absolute atomic E-state index is 12.0. The Morgan fingerprint density at radius 2 is 1.83 bits per heavy atom. The first-order chi connectivity index (χ1) is 11.0. The van der Waals surface area contributed by atoms with Crippen molar-refractivity contribution < 1.29 is 14.4 Å². The SMILES string of the molecule is O=C(CSc1ccccc1Cl)Nc1ccc2c(c1)C(=O)NC2=O. The molecule has 2 aromatic carbocycles. The number of rotatable bonds is 4. The fourth-order valence-electron chi connectivity index (χ4n) is 2.15. The summed E-state index contributed by atoms with van der Waals surface area (Å²) in [6, 6.07) is 11.9. The molecule has 0 aliphatic carbocycles. The van der Waals surface area contributed by atoms with E-state index in [1.165, 1.54) is 23.9 Å². The third-order valence-electron chi connectivity index (χ3n) is 3.22. The van der Waals surface area contributed by atoms with Gasteiger partial charge in [-0.15, -0.1) is 11.8 Å². The number of hydrogen-bond acceptors (Lipinski definition) is 4. The van der Waals surface area contributed by atoms with Crippen LogP contribution < -0.4 is 10.6 Å². The lowest BCUT2D eigenvalue weighted by Gasteiger charge is -2.07. The van der Waals surface area contributed by atoms with Gasteiger partial charge in [-0.1, -0.05) is 23.7 Å². The van der Waals surface area contributed by atoms with Crippen LogP contribution in [0.4, 0.5) is 5.69 Å². The smallest absolute Gasteiger partial charge is 0.259 e. The van der Waals surface area contributed by atoms with Crippen molar-refractivity contribution in [1.29, 1.82) is 0 Å². The second-order valence-electron chi connectivity index (χ2n) is 4.81. The summed E-state index contributed by atoms with van der Waals surface area (Å²) in [6.07, 6.45) is 0. The first-order valence-corrected chi connectivity index (χ1v) is 8.08. The third-order valence-corrected chi connectivity index (χ3v) is 4.73. The Balaban J connectivity index is 1.65. The van der Waals surface area contributed by atoms with Gasteiger partial charge in [-0.05, 0) is 30.3 Å². The Morgan fingerprint density at radius 3 is 2.61 bits per heavy atom. The fraction of sp³-hybridized carbons (Fsp3) is 0.0625. The van der Waals surface area contributed by atoms with Crippen molar-refractivity contribution in [2.75, 3.05) is 11.1 Å². The standard InChI is InChI=1S/C16H11ClN2O3S/c17-12-3-1-2-4-13(12)23-8-14(20)18-9-5-6-10-11(7-9)16(22)19-15(10)21/h1-7H,8H2,(H,18,20)(H,19,21,22). The van der Waals surface area contributed by atoms with Gasteiger partial charge in [0.05, 0.1) is 21.9 Å². The Hall–Kier alpha value is -2.31. The molecule has 0 saturated carbocycles. The molecule has 0 unspecified atom stereocenters. The molecule has 7 heteroatoms. The van der Waals surface area contributed by atoms with Gasteiger partial charge in [0, 0.05) is 10.6 Å². The van der Waals surface area contributed by atoms with Crippen molar-refractivity contribution in [3.8, 4) is 0 Å². The van der Waals surface area contributed by atoms with E-state index < -0.39 is 11.8 Å². The van der Waals surface area contributed by atoms with E-state index in [0.717, 1.165) is 4.90 Å². The number of nitrogens with one attached hydrogen (secondary N) is 2. The van der Waals surface area contributed by atoms with E-state index in [-0.39, 0.29) is 17.2 Å². The van der Waals surface area contributed by atoms with E-state index in [4.69, 9.17) is 11.6 Å². The quantitative estimate of drug-likeness (QED) is 0.659. The van der Waals surface area contributed by atoms with E-state index in [9.17, 15) is 14.4 Å². The van der Waals surface area contributed by atoms with Crippen LogP contribution in [0.1, 0.15) is 20.7 Å². The zero-order valence-electron chi connectivity index (χ0n) is 11.8. The Labute approximate surface area is 141 Å². The third kappa shape index (κ3) is 3.38. The lowest BCUT2D eigenvalue weighted by atomic mass is 10.1. The molecule has 2 N–H and O–H groups in total. The van der Waals surface area contributed by atoms with Crippen molar-refractivity contribution in [2.45, 2.75) is 4.90 Å². The average molecular weight is 347 g/mol. The Bertz CT molecular complexity index is 823. The van der Waals surface area contributed by atoms with Crippen LogP contribution in [0.15, 0.2) is 47.4 Å². The van der Waals surface area contributed by atoms with Crippen molar-refractivity contribution >= 4 is 46.8 Å². The number of halogens is 1. The van der Waals surface area contributed by atoms with E-state index in [2.05, 4.69) is 10.6 Å². The molecule has 0 atom stereocenters. The fourth-order valence-corrected chi connectivity index (χ4v) is 3.19. The molecule has 0 saturated heterocycles. The lowest BCUT2D eigenvalue weighted by Crippen LogP contribution is -2.19. The van der Waals surface area contributed by atoms with E-state index in [1.807, 2.05) is 18.2 Å². The van der Waals surface area contributed by atoms with Gasteiger partial charge in [-0.25, -0.2) is 0 Å². The summed E-state index contributed by atoms with van der Waals surface area (Å²) in [4.78, 5) is 35.9. The van der Waals surface area contributed by atoms with E-state index in [1.54, 1.807) is 12.1 Å². The summed E-state index contributed by atoms with van der Waals surface area (Å²) < 4.78 is 0. The Kier molecular flexibility index (Phi) is 4.36. The highest BCUT2D eigenvalue weighted by Gasteiger charge is 2.26. The molecule has 0 bridgehead atoms. The van der Waals surface area contributed by atoms with Gasteiger partial charge < -0.3 is 5.32 Å². The molecule has 23 heavy (non-hydrogen) atoms. The minimum absolute atomic E-state index is 0.186. The van der Waals surface area contributed by atoms with Gasteiger partial charge in [-0.2, -0.15) is 0 Å². The van der Waals surface area contributed by atoms with Crippen LogP contribution in [-0.4, -0.2) is 23.5 Å². The number of fused-ring (bicyclic) bond motifs is 1. The summed E-state index contributed by atoms with van der Waals surface area (Å²) in [5.41, 5.74) is 1.06. The number of carbonyl (C=O) groups excluding carboxylic acids is 3. The van der Waals surface area contributed by atoms with Crippen LogP contribution in [0.25, 0.3) is 0 Å². The molecule has 5 nitrogen and oxygen atoms in total. The minimum Gasteiger partial charge on any atom is -0.325 e. The number of carbonyl (C=O) groups is 3. The zero-order chi connectivity index (χ0) is 16.4. The molecular weight excluding hydrogens is 336 g/mol. The summed E-state index contributed by atoms with van der Waals surface area (Å²) in [7, 11) is 0. The summed E-state index contributed by atoms with van der Waals surface area (Å²) in [6.45, 7) is 0. The number of anilines is 1. The highest BCUT2D eigenvalue weighted by molar-refractivity contribution is 8.00. The summed E-state index contributed by atoms with van der Waals surface area (Å²) in [5, 5.41) is 5.50. The lowest BCUT2D eigenvalue weighted by molar-refractivity contribution is -0.113. The van der Waals surface area contributed by atoms with Gasteiger partial charge in [-0.3, -0.25) is 19.7 Å². The molecule has 3 amide bonds. The average Bonchev–Trinajstić information content (AvgIpc) is 2.81. The van der Waals surface area contributed by atoms with Crippen molar-refractivity contribution in [2.24, 2.45) is 0 Å². The van der Waals surface area contributed by atoms with Crippen LogP contribution in [0.5, 0.6) is 0 Å². The topological polar surface area (TPSA) is 75.3 Å². The highest BCUT2D eigenvalue weighted by atomic mass is 35.5. The van der Waals surface area contributed by atoms with E-state index in [0.29, 0.717) is 16.3 Å². The van der Waals surface area contributed by atoms with Gasteiger partial charge in [0.25, 0.3) is 11.8 Å².